The normalized spacial score (nSPS) is 11.5. The van der Waals surface area contributed by atoms with Crippen LogP contribution in [0.15, 0.2) is 33.9 Å². The Kier molecular flexibility index (Phi) is 3.93. The van der Waals surface area contributed by atoms with Gasteiger partial charge in [-0.2, -0.15) is 13.5 Å². The molecule has 6 nitrogen and oxygen atoms in total. The topological polar surface area (TPSA) is 95.1 Å². The van der Waals surface area contributed by atoms with Crippen LogP contribution in [0, 0.1) is 6.92 Å². The van der Waals surface area contributed by atoms with Gasteiger partial charge >= 0.3 is 0 Å². The highest BCUT2D eigenvalue weighted by molar-refractivity contribution is 9.10. The summed E-state index contributed by atoms with van der Waals surface area (Å²) in [5.41, 5.74) is 1.48. The van der Waals surface area contributed by atoms with E-state index in [0.717, 1.165) is 10.0 Å². The van der Waals surface area contributed by atoms with E-state index in [-0.39, 0.29) is 10.6 Å². The SMILES string of the molecule is Cc1ccc(Br)cc1NS(=O)(=O)c1[nH]ncc1CO. The number of aliphatic hydroxyl groups is 1. The van der Waals surface area contributed by atoms with Crippen molar-refractivity contribution >= 4 is 31.6 Å². The predicted octanol–water partition coefficient (Wildman–Crippen LogP) is 1.77. The summed E-state index contributed by atoms with van der Waals surface area (Å²) in [4.78, 5) is 0. The molecule has 102 valence electrons. The largest absolute Gasteiger partial charge is 0.392 e. The molecule has 0 unspecified atom stereocenters. The zero-order chi connectivity index (χ0) is 14.0. The standard InChI is InChI=1S/C11H12BrN3O3S/c1-7-2-3-9(12)4-10(7)15-19(17,18)11-8(6-16)5-13-14-11/h2-5,15-16H,6H2,1H3,(H,13,14). The fourth-order valence-corrected chi connectivity index (χ4v) is 3.15. The van der Waals surface area contributed by atoms with Gasteiger partial charge < -0.3 is 5.11 Å². The summed E-state index contributed by atoms with van der Waals surface area (Å²) in [5.74, 6) is 0. The van der Waals surface area contributed by atoms with E-state index in [1.54, 1.807) is 19.1 Å². The zero-order valence-electron chi connectivity index (χ0n) is 10.0. The fourth-order valence-electron chi connectivity index (χ4n) is 1.54. The van der Waals surface area contributed by atoms with Gasteiger partial charge in [0.15, 0.2) is 5.03 Å². The van der Waals surface area contributed by atoms with Crippen molar-refractivity contribution in [1.82, 2.24) is 10.2 Å². The minimum absolute atomic E-state index is 0.130. The summed E-state index contributed by atoms with van der Waals surface area (Å²) in [6, 6.07) is 5.28. The molecule has 1 heterocycles. The smallest absolute Gasteiger partial charge is 0.279 e. The highest BCUT2D eigenvalue weighted by Crippen LogP contribution is 2.24. The molecule has 0 saturated heterocycles. The Hall–Kier alpha value is -1.38. The van der Waals surface area contributed by atoms with E-state index in [0.29, 0.717) is 5.69 Å². The molecule has 0 amide bonds. The Labute approximate surface area is 119 Å². The molecule has 2 rings (SSSR count). The summed E-state index contributed by atoms with van der Waals surface area (Å²) in [7, 11) is -3.80. The molecule has 1 aromatic carbocycles. The first-order chi connectivity index (χ1) is 8.94. The van der Waals surface area contributed by atoms with Crippen molar-refractivity contribution in [3.63, 3.8) is 0 Å². The second-order valence-electron chi connectivity index (χ2n) is 3.95. The molecule has 19 heavy (non-hydrogen) atoms. The molecule has 0 radical (unpaired) electrons. The van der Waals surface area contributed by atoms with Crippen LogP contribution in [-0.2, 0) is 16.6 Å². The molecule has 0 aliphatic carbocycles. The van der Waals surface area contributed by atoms with Crippen LogP contribution in [0.4, 0.5) is 5.69 Å². The average Bonchev–Trinajstić information content (AvgIpc) is 2.82. The maximum atomic E-state index is 12.2. The first-order valence-electron chi connectivity index (χ1n) is 5.36. The van der Waals surface area contributed by atoms with Crippen molar-refractivity contribution in [2.24, 2.45) is 0 Å². The second-order valence-corrected chi connectivity index (χ2v) is 6.48. The molecule has 1 aromatic heterocycles. The van der Waals surface area contributed by atoms with E-state index in [1.807, 2.05) is 6.07 Å². The van der Waals surface area contributed by atoms with E-state index >= 15 is 0 Å². The number of aromatic amines is 1. The van der Waals surface area contributed by atoms with Gasteiger partial charge in [-0.1, -0.05) is 22.0 Å². The Balaban J connectivity index is 2.39. The van der Waals surface area contributed by atoms with Crippen LogP contribution >= 0.6 is 15.9 Å². The average molecular weight is 346 g/mol. The van der Waals surface area contributed by atoms with E-state index in [2.05, 4.69) is 30.8 Å². The van der Waals surface area contributed by atoms with Crippen molar-refractivity contribution in [1.29, 1.82) is 0 Å². The van der Waals surface area contributed by atoms with E-state index < -0.39 is 16.6 Å². The van der Waals surface area contributed by atoms with Gasteiger partial charge in [0.25, 0.3) is 10.0 Å². The number of sulfonamides is 1. The number of hydrogen-bond donors (Lipinski definition) is 3. The molecule has 8 heteroatoms. The van der Waals surface area contributed by atoms with E-state index in [4.69, 9.17) is 5.11 Å². The van der Waals surface area contributed by atoms with Crippen LogP contribution in [-0.4, -0.2) is 23.7 Å². The number of rotatable bonds is 4. The van der Waals surface area contributed by atoms with Gasteiger partial charge in [-0.25, -0.2) is 0 Å². The Morgan fingerprint density at radius 1 is 1.47 bits per heavy atom. The van der Waals surface area contributed by atoms with Crippen molar-refractivity contribution in [2.45, 2.75) is 18.6 Å². The first kappa shape index (κ1) is 14.0. The summed E-state index contributed by atoms with van der Waals surface area (Å²) in [6.07, 6.45) is 1.28. The van der Waals surface area contributed by atoms with Crippen LogP contribution in [0.3, 0.4) is 0 Å². The summed E-state index contributed by atoms with van der Waals surface area (Å²) in [5, 5.41) is 15.0. The van der Waals surface area contributed by atoms with Gasteiger partial charge in [-0.05, 0) is 24.6 Å². The van der Waals surface area contributed by atoms with Crippen molar-refractivity contribution < 1.29 is 13.5 Å². The summed E-state index contributed by atoms with van der Waals surface area (Å²) >= 11 is 3.29. The molecular weight excluding hydrogens is 334 g/mol. The quantitative estimate of drug-likeness (QED) is 0.786. The van der Waals surface area contributed by atoms with Gasteiger partial charge in [-0.3, -0.25) is 9.82 Å². The number of H-pyrrole nitrogens is 1. The molecule has 0 aliphatic heterocycles. The molecule has 0 aliphatic rings. The number of aromatic nitrogens is 2. The summed E-state index contributed by atoms with van der Waals surface area (Å²) in [6.45, 7) is 1.40. The molecule has 0 spiro atoms. The van der Waals surface area contributed by atoms with Crippen molar-refractivity contribution in [2.75, 3.05) is 4.72 Å². The number of nitrogens with one attached hydrogen (secondary N) is 2. The molecule has 3 N–H and O–H groups in total. The molecular formula is C11H12BrN3O3S. The second kappa shape index (κ2) is 5.32. The highest BCUT2D eigenvalue weighted by atomic mass is 79.9. The maximum Gasteiger partial charge on any atom is 0.279 e. The first-order valence-corrected chi connectivity index (χ1v) is 7.64. The third kappa shape index (κ3) is 2.96. The van der Waals surface area contributed by atoms with Gasteiger partial charge in [0, 0.05) is 10.0 Å². The number of hydrogen-bond acceptors (Lipinski definition) is 4. The van der Waals surface area contributed by atoms with Crippen LogP contribution in [0.1, 0.15) is 11.1 Å². The lowest BCUT2D eigenvalue weighted by atomic mass is 10.2. The number of aliphatic hydroxyl groups excluding tert-OH is 1. The number of halogens is 1. The number of benzene rings is 1. The van der Waals surface area contributed by atoms with Crippen LogP contribution < -0.4 is 4.72 Å². The van der Waals surface area contributed by atoms with Gasteiger partial charge in [0.2, 0.25) is 0 Å². The minimum atomic E-state index is -3.80. The monoisotopic (exact) mass is 345 g/mol. The van der Waals surface area contributed by atoms with E-state index in [1.165, 1.54) is 6.20 Å². The molecule has 0 saturated carbocycles. The zero-order valence-corrected chi connectivity index (χ0v) is 12.4. The lowest BCUT2D eigenvalue weighted by Gasteiger charge is -2.10. The summed E-state index contributed by atoms with van der Waals surface area (Å²) < 4.78 is 27.6. The van der Waals surface area contributed by atoms with Gasteiger partial charge in [0.1, 0.15) is 0 Å². The third-order valence-electron chi connectivity index (χ3n) is 2.56. The number of anilines is 1. The van der Waals surface area contributed by atoms with Crippen molar-refractivity contribution in [3.8, 4) is 0 Å². The van der Waals surface area contributed by atoms with Gasteiger partial charge in [0.05, 0.1) is 18.5 Å². The van der Waals surface area contributed by atoms with Gasteiger partial charge in [-0.15, -0.1) is 0 Å². The lowest BCUT2D eigenvalue weighted by Crippen LogP contribution is -2.16. The number of nitrogens with zero attached hydrogens (tertiary/aromatic N) is 1. The molecule has 2 aromatic rings. The van der Waals surface area contributed by atoms with Crippen LogP contribution in [0.5, 0.6) is 0 Å². The maximum absolute atomic E-state index is 12.2. The third-order valence-corrected chi connectivity index (χ3v) is 4.43. The molecule has 0 fully saturated rings. The Morgan fingerprint density at radius 3 is 2.89 bits per heavy atom. The van der Waals surface area contributed by atoms with Crippen molar-refractivity contribution in [3.05, 3.63) is 40.0 Å². The lowest BCUT2D eigenvalue weighted by molar-refractivity contribution is 0.278. The van der Waals surface area contributed by atoms with E-state index in [9.17, 15) is 8.42 Å². The van der Waals surface area contributed by atoms with Crippen LogP contribution in [0.25, 0.3) is 0 Å². The highest BCUT2D eigenvalue weighted by Gasteiger charge is 2.21. The predicted molar refractivity (Wildman–Crippen MR) is 74.2 cm³/mol. The molecule has 0 atom stereocenters. The number of aryl methyl sites for hydroxylation is 1. The fraction of sp³-hybridized carbons (Fsp3) is 0.182. The van der Waals surface area contributed by atoms with Crippen LogP contribution in [0.2, 0.25) is 0 Å². The Morgan fingerprint density at radius 2 is 2.21 bits per heavy atom. The molecule has 0 bridgehead atoms. The minimum Gasteiger partial charge on any atom is -0.392 e. The Bertz CT molecular complexity index is 697.